The van der Waals surface area contributed by atoms with Gasteiger partial charge in [-0.2, -0.15) is 0 Å². The third-order valence-corrected chi connectivity index (χ3v) is 3.60. The lowest BCUT2D eigenvalue weighted by molar-refractivity contribution is 0.673. The summed E-state index contributed by atoms with van der Waals surface area (Å²) in [5, 5.41) is 3.46. The standard InChI is InChI=1S/C18H24N2/c1-4-12-19-14-16-10-11-18(13-15(16)2)20(3)17-8-6-5-7-9-17/h5-11,13,19H,4,12,14H2,1-3H3. The summed E-state index contributed by atoms with van der Waals surface area (Å²) in [5.74, 6) is 0. The molecule has 2 aromatic rings. The molecule has 0 aliphatic heterocycles. The molecule has 0 aliphatic carbocycles. The molecule has 0 bridgehead atoms. The molecule has 0 saturated heterocycles. The van der Waals surface area contributed by atoms with Gasteiger partial charge in [0, 0.05) is 25.0 Å². The Morgan fingerprint density at radius 1 is 1.00 bits per heavy atom. The fourth-order valence-corrected chi connectivity index (χ4v) is 2.29. The normalized spacial score (nSPS) is 10.6. The lowest BCUT2D eigenvalue weighted by atomic mass is 10.1. The van der Waals surface area contributed by atoms with Gasteiger partial charge in [-0.1, -0.05) is 31.2 Å². The van der Waals surface area contributed by atoms with Crippen LogP contribution in [0.4, 0.5) is 11.4 Å². The average molecular weight is 268 g/mol. The van der Waals surface area contributed by atoms with Crippen LogP contribution in [0.2, 0.25) is 0 Å². The largest absolute Gasteiger partial charge is 0.345 e. The van der Waals surface area contributed by atoms with Gasteiger partial charge in [0.2, 0.25) is 0 Å². The topological polar surface area (TPSA) is 15.3 Å². The van der Waals surface area contributed by atoms with E-state index in [1.165, 1.54) is 28.9 Å². The van der Waals surface area contributed by atoms with Gasteiger partial charge >= 0.3 is 0 Å². The van der Waals surface area contributed by atoms with E-state index in [1.54, 1.807) is 0 Å². The lowest BCUT2D eigenvalue weighted by Crippen LogP contribution is -2.15. The Bertz CT molecular complexity index is 534. The van der Waals surface area contributed by atoms with Crippen molar-refractivity contribution in [3.63, 3.8) is 0 Å². The minimum Gasteiger partial charge on any atom is -0.345 e. The van der Waals surface area contributed by atoms with Crippen LogP contribution in [0.5, 0.6) is 0 Å². The number of nitrogens with one attached hydrogen (secondary N) is 1. The maximum absolute atomic E-state index is 3.46. The summed E-state index contributed by atoms with van der Waals surface area (Å²) in [6.07, 6.45) is 1.17. The molecule has 0 atom stereocenters. The van der Waals surface area contributed by atoms with Crippen molar-refractivity contribution in [1.82, 2.24) is 5.32 Å². The summed E-state index contributed by atoms with van der Waals surface area (Å²) in [6, 6.07) is 17.1. The minimum absolute atomic E-state index is 0.953. The smallest absolute Gasteiger partial charge is 0.0410 e. The van der Waals surface area contributed by atoms with E-state index >= 15 is 0 Å². The molecular formula is C18H24N2. The molecule has 0 unspecified atom stereocenters. The van der Waals surface area contributed by atoms with Gasteiger partial charge in [-0.3, -0.25) is 0 Å². The third-order valence-electron chi connectivity index (χ3n) is 3.60. The number of anilines is 2. The van der Waals surface area contributed by atoms with E-state index in [9.17, 15) is 0 Å². The SMILES string of the molecule is CCCNCc1ccc(N(C)c2ccccc2)cc1C. The van der Waals surface area contributed by atoms with E-state index in [4.69, 9.17) is 0 Å². The summed E-state index contributed by atoms with van der Waals surface area (Å²) in [5.41, 5.74) is 5.16. The molecule has 2 nitrogen and oxygen atoms in total. The second-order valence-electron chi connectivity index (χ2n) is 5.18. The van der Waals surface area contributed by atoms with Crippen LogP contribution in [0.3, 0.4) is 0 Å². The van der Waals surface area contributed by atoms with Gasteiger partial charge in [0.05, 0.1) is 0 Å². The van der Waals surface area contributed by atoms with Crippen molar-refractivity contribution >= 4 is 11.4 Å². The fourth-order valence-electron chi connectivity index (χ4n) is 2.29. The van der Waals surface area contributed by atoms with Crippen molar-refractivity contribution < 1.29 is 0 Å². The molecule has 0 aromatic heterocycles. The molecular weight excluding hydrogens is 244 g/mol. The number of rotatable bonds is 6. The first-order valence-electron chi connectivity index (χ1n) is 7.31. The molecule has 2 rings (SSSR count). The summed E-state index contributed by atoms with van der Waals surface area (Å²) in [4.78, 5) is 2.22. The number of hydrogen-bond donors (Lipinski definition) is 1. The molecule has 0 saturated carbocycles. The third kappa shape index (κ3) is 3.61. The Labute approximate surface area is 122 Å². The molecule has 0 amide bonds. The molecule has 2 heteroatoms. The second-order valence-corrected chi connectivity index (χ2v) is 5.18. The lowest BCUT2D eigenvalue weighted by Gasteiger charge is -2.21. The number of hydrogen-bond acceptors (Lipinski definition) is 2. The van der Waals surface area contributed by atoms with Crippen LogP contribution in [0.25, 0.3) is 0 Å². The molecule has 0 fully saturated rings. The fraction of sp³-hybridized carbons (Fsp3) is 0.333. The van der Waals surface area contributed by atoms with Crippen molar-refractivity contribution in [3.8, 4) is 0 Å². The highest BCUT2D eigenvalue weighted by Crippen LogP contribution is 2.25. The number of para-hydroxylation sites is 1. The minimum atomic E-state index is 0.953. The van der Waals surface area contributed by atoms with E-state index in [-0.39, 0.29) is 0 Å². The Morgan fingerprint density at radius 3 is 2.40 bits per heavy atom. The summed E-state index contributed by atoms with van der Waals surface area (Å²) in [7, 11) is 2.11. The van der Waals surface area contributed by atoms with Gasteiger partial charge in [-0.05, 0) is 55.3 Å². The summed E-state index contributed by atoms with van der Waals surface area (Å²) < 4.78 is 0. The Hall–Kier alpha value is -1.80. The highest BCUT2D eigenvalue weighted by molar-refractivity contribution is 5.63. The Morgan fingerprint density at radius 2 is 1.75 bits per heavy atom. The number of benzene rings is 2. The number of nitrogens with zero attached hydrogens (tertiary/aromatic N) is 1. The van der Waals surface area contributed by atoms with Crippen molar-refractivity contribution in [2.24, 2.45) is 0 Å². The van der Waals surface area contributed by atoms with Crippen molar-refractivity contribution in [2.45, 2.75) is 26.8 Å². The van der Waals surface area contributed by atoms with E-state index < -0.39 is 0 Å². The molecule has 0 aliphatic rings. The van der Waals surface area contributed by atoms with Gasteiger partial charge in [0.25, 0.3) is 0 Å². The van der Waals surface area contributed by atoms with Crippen molar-refractivity contribution in [3.05, 3.63) is 59.7 Å². The molecule has 1 N–H and O–H groups in total. The molecule has 20 heavy (non-hydrogen) atoms. The molecule has 0 radical (unpaired) electrons. The van der Waals surface area contributed by atoms with Gasteiger partial charge in [-0.15, -0.1) is 0 Å². The molecule has 106 valence electrons. The van der Waals surface area contributed by atoms with E-state index in [2.05, 4.69) is 73.6 Å². The molecule has 2 aromatic carbocycles. The zero-order valence-electron chi connectivity index (χ0n) is 12.7. The molecule has 0 spiro atoms. The van der Waals surface area contributed by atoms with Gasteiger partial charge in [0.15, 0.2) is 0 Å². The van der Waals surface area contributed by atoms with E-state index in [0.717, 1.165) is 13.1 Å². The molecule has 0 heterocycles. The van der Waals surface area contributed by atoms with Crippen LogP contribution >= 0.6 is 0 Å². The second kappa shape index (κ2) is 7.11. The zero-order valence-corrected chi connectivity index (χ0v) is 12.7. The zero-order chi connectivity index (χ0) is 14.4. The van der Waals surface area contributed by atoms with Crippen LogP contribution in [0.1, 0.15) is 24.5 Å². The highest BCUT2D eigenvalue weighted by Gasteiger charge is 2.05. The van der Waals surface area contributed by atoms with Gasteiger partial charge in [0.1, 0.15) is 0 Å². The Kier molecular flexibility index (Phi) is 5.19. The first-order chi connectivity index (χ1) is 9.72. The van der Waals surface area contributed by atoms with Crippen molar-refractivity contribution in [1.29, 1.82) is 0 Å². The first kappa shape index (κ1) is 14.6. The maximum atomic E-state index is 3.46. The monoisotopic (exact) mass is 268 g/mol. The average Bonchev–Trinajstić information content (AvgIpc) is 2.49. The number of aryl methyl sites for hydroxylation is 1. The van der Waals surface area contributed by atoms with E-state index in [1.807, 2.05) is 6.07 Å². The highest BCUT2D eigenvalue weighted by atomic mass is 15.1. The van der Waals surface area contributed by atoms with Crippen LogP contribution in [0, 0.1) is 6.92 Å². The Balaban J connectivity index is 2.12. The maximum Gasteiger partial charge on any atom is 0.0410 e. The quantitative estimate of drug-likeness (QED) is 0.787. The first-order valence-corrected chi connectivity index (χ1v) is 7.31. The summed E-state index contributed by atoms with van der Waals surface area (Å²) in [6.45, 7) is 6.41. The summed E-state index contributed by atoms with van der Waals surface area (Å²) >= 11 is 0. The predicted molar refractivity (Wildman–Crippen MR) is 87.7 cm³/mol. The predicted octanol–water partition coefficient (Wildman–Crippen LogP) is 4.26. The van der Waals surface area contributed by atoms with Crippen molar-refractivity contribution in [2.75, 3.05) is 18.5 Å². The van der Waals surface area contributed by atoms with Crippen LogP contribution < -0.4 is 10.2 Å². The van der Waals surface area contributed by atoms with Crippen LogP contribution in [-0.2, 0) is 6.54 Å². The van der Waals surface area contributed by atoms with E-state index in [0.29, 0.717) is 0 Å². The van der Waals surface area contributed by atoms with Crippen LogP contribution in [-0.4, -0.2) is 13.6 Å². The van der Waals surface area contributed by atoms with Crippen LogP contribution in [0.15, 0.2) is 48.5 Å². The van der Waals surface area contributed by atoms with Gasteiger partial charge < -0.3 is 10.2 Å². The van der Waals surface area contributed by atoms with Gasteiger partial charge in [-0.25, -0.2) is 0 Å².